The van der Waals surface area contributed by atoms with Gasteiger partial charge in [0.1, 0.15) is 12.4 Å². The molecule has 0 unspecified atom stereocenters. The maximum atomic E-state index is 14.5. The molecule has 1 radical (unpaired) electrons. The van der Waals surface area contributed by atoms with Crippen LogP contribution in [0.3, 0.4) is 0 Å². The zero-order valence-electron chi connectivity index (χ0n) is 15.6. The van der Waals surface area contributed by atoms with Crippen LogP contribution in [0.1, 0.15) is 19.4 Å². The van der Waals surface area contributed by atoms with E-state index in [4.69, 9.17) is 16.3 Å². The van der Waals surface area contributed by atoms with Gasteiger partial charge in [0.25, 0.3) is 5.84 Å². The fraction of sp³-hybridized carbons (Fsp3) is 0.238. The minimum absolute atomic E-state index is 0.253. The smallest absolute Gasteiger partial charge is 0.363 e. The number of aliphatic imine (C=N–C) groups is 1. The zero-order chi connectivity index (χ0) is 19.8. The Balaban J connectivity index is 1.89. The van der Waals surface area contributed by atoms with Crippen molar-refractivity contribution in [3.05, 3.63) is 70.3 Å². The van der Waals surface area contributed by atoms with E-state index < -0.39 is 5.97 Å². The van der Waals surface area contributed by atoms with Crippen molar-refractivity contribution in [2.45, 2.75) is 20.4 Å². The van der Waals surface area contributed by atoms with E-state index in [-0.39, 0.29) is 18.1 Å². The lowest BCUT2D eigenvalue weighted by molar-refractivity contribution is -0.138. The van der Waals surface area contributed by atoms with Crippen LogP contribution in [0.2, 0.25) is 5.02 Å². The Morgan fingerprint density at radius 2 is 2.07 bits per heavy atom. The molecule has 0 amide bonds. The van der Waals surface area contributed by atoms with E-state index >= 15 is 0 Å². The van der Waals surface area contributed by atoms with Crippen LogP contribution in [0.15, 0.2) is 58.9 Å². The normalized spacial score (nSPS) is 16.4. The summed E-state index contributed by atoms with van der Waals surface area (Å²) >= 11 is 6.23. The van der Waals surface area contributed by atoms with Crippen LogP contribution < -0.4 is 9.80 Å². The first-order valence-corrected chi connectivity index (χ1v) is 9.41. The van der Waals surface area contributed by atoms with Gasteiger partial charge in [0.2, 0.25) is 11.4 Å². The van der Waals surface area contributed by atoms with Gasteiger partial charge < -0.3 is 9.64 Å². The van der Waals surface area contributed by atoms with Gasteiger partial charge in [-0.3, -0.25) is 0 Å². The third kappa shape index (κ3) is 3.19. The number of amidine groups is 1. The summed E-state index contributed by atoms with van der Waals surface area (Å²) in [6.45, 7) is 4.60. The number of rotatable bonds is 3. The fourth-order valence-electron chi connectivity index (χ4n) is 3.63. The topological polar surface area (TPSA) is 47.8 Å². The summed E-state index contributed by atoms with van der Waals surface area (Å²) in [6, 6.07) is 12.2. The molecule has 0 aromatic heterocycles. The van der Waals surface area contributed by atoms with Crippen LogP contribution in [-0.4, -0.2) is 25.0 Å². The molecule has 2 aromatic carbocycles. The molecule has 5 nitrogen and oxygen atoms in total. The molecule has 0 aliphatic carbocycles. The molecule has 2 heterocycles. The number of esters is 1. The highest BCUT2D eigenvalue weighted by Crippen LogP contribution is 2.38. The number of carbonyl (C=O) groups excluding carboxylic acids is 1. The summed E-state index contributed by atoms with van der Waals surface area (Å²) in [5.41, 5.74) is 3.17. The molecule has 4 rings (SSSR count). The van der Waals surface area contributed by atoms with Gasteiger partial charge in [0, 0.05) is 30.1 Å². The second-order valence-corrected chi connectivity index (χ2v) is 7.03. The van der Waals surface area contributed by atoms with Crippen molar-refractivity contribution in [2.24, 2.45) is 4.99 Å². The van der Waals surface area contributed by atoms with Crippen molar-refractivity contribution in [2.75, 3.05) is 18.1 Å². The van der Waals surface area contributed by atoms with Crippen LogP contribution in [-0.2, 0) is 16.1 Å². The number of carbonyl (C=O) groups is 1. The first kappa shape index (κ1) is 18.7. The highest BCUT2D eigenvalue weighted by molar-refractivity contribution is 6.30. The van der Waals surface area contributed by atoms with Crippen molar-refractivity contribution in [3.8, 4) is 0 Å². The highest BCUT2D eigenvalue weighted by Gasteiger charge is 2.45. The van der Waals surface area contributed by atoms with E-state index in [0.717, 1.165) is 11.3 Å². The third-order valence-electron chi connectivity index (χ3n) is 4.79. The molecule has 2 aliphatic heterocycles. The van der Waals surface area contributed by atoms with E-state index in [1.807, 2.05) is 28.9 Å². The number of benzene rings is 2. The molecule has 143 valence electrons. The monoisotopic (exact) mass is 399 g/mol. The van der Waals surface area contributed by atoms with Crippen LogP contribution in [0.25, 0.3) is 0 Å². The molecule has 0 saturated heterocycles. The molecule has 0 N–H and O–H groups in total. The molecule has 0 atom stereocenters. The minimum atomic E-state index is -0.481. The predicted octanol–water partition coefficient (Wildman–Crippen LogP) is 4.48. The number of halogens is 2. The van der Waals surface area contributed by atoms with Gasteiger partial charge in [-0.25, -0.2) is 9.18 Å². The van der Waals surface area contributed by atoms with Gasteiger partial charge in [-0.2, -0.15) is 4.99 Å². The average molecular weight is 400 g/mol. The second-order valence-electron chi connectivity index (χ2n) is 6.59. The highest BCUT2D eigenvalue weighted by atomic mass is 35.5. The quantitative estimate of drug-likeness (QED) is 0.565. The number of fused-ring (bicyclic) bond motifs is 3. The largest absolute Gasteiger partial charge is 0.461 e. The van der Waals surface area contributed by atoms with Crippen molar-refractivity contribution in [3.63, 3.8) is 0 Å². The Bertz CT molecular complexity index is 1020. The maximum absolute atomic E-state index is 14.5. The van der Waals surface area contributed by atoms with Gasteiger partial charge >= 0.3 is 5.97 Å². The number of para-hydroxylation sites is 1. The summed E-state index contributed by atoms with van der Waals surface area (Å²) in [5, 5.41) is 0.596. The van der Waals surface area contributed by atoms with Gasteiger partial charge in [0.15, 0.2) is 5.69 Å². The Morgan fingerprint density at radius 3 is 2.82 bits per heavy atom. The number of hydrogen-bond acceptors (Lipinski definition) is 5. The lowest BCUT2D eigenvalue weighted by atomic mass is 10.1. The molecule has 28 heavy (non-hydrogen) atoms. The van der Waals surface area contributed by atoms with Gasteiger partial charge in [0.05, 0.1) is 12.3 Å². The van der Waals surface area contributed by atoms with Crippen LogP contribution in [0.4, 0.5) is 15.8 Å². The summed E-state index contributed by atoms with van der Waals surface area (Å²) in [7, 11) is 0. The Morgan fingerprint density at radius 1 is 1.29 bits per heavy atom. The van der Waals surface area contributed by atoms with Crippen molar-refractivity contribution >= 4 is 34.8 Å². The standard InChI is InChI=1S/C21H19ClFN3O2/c1-3-28-21(27)20-19-12-25(18-7-5-4-6-16(18)23)11-14-10-15(22)8-9-17(14)26(19)13(2)24-20/h4-10H,3,11-12H2,1-2H3/q+1. The third-order valence-corrected chi connectivity index (χ3v) is 5.02. The van der Waals surface area contributed by atoms with E-state index in [2.05, 4.69) is 4.99 Å². The second kappa shape index (κ2) is 7.37. The van der Waals surface area contributed by atoms with Crippen molar-refractivity contribution in [1.82, 2.24) is 4.90 Å². The molecular formula is C21H19ClFN3O2+. The Kier molecular flexibility index (Phi) is 4.91. The number of anilines is 2. The molecule has 0 spiro atoms. The minimum Gasteiger partial charge on any atom is -0.461 e. The van der Waals surface area contributed by atoms with Crippen LogP contribution >= 0.6 is 11.6 Å². The summed E-state index contributed by atoms with van der Waals surface area (Å²) in [4.78, 5) is 20.8. The first-order valence-electron chi connectivity index (χ1n) is 9.03. The van der Waals surface area contributed by atoms with Crippen LogP contribution in [0.5, 0.6) is 0 Å². The number of hydrogen-bond donors (Lipinski definition) is 0. The number of nitrogens with zero attached hydrogens (tertiary/aromatic N) is 3. The maximum Gasteiger partial charge on any atom is 0.363 e. The molecule has 2 aromatic rings. The van der Waals surface area contributed by atoms with E-state index in [1.165, 1.54) is 6.07 Å². The van der Waals surface area contributed by atoms with E-state index in [1.54, 1.807) is 31.2 Å². The molecule has 0 saturated carbocycles. The average Bonchev–Trinajstić information content (AvgIpc) is 2.88. The zero-order valence-corrected chi connectivity index (χ0v) is 16.3. The Labute approximate surface area is 167 Å². The lowest BCUT2D eigenvalue weighted by Gasteiger charge is -2.22. The lowest BCUT2D eigenvalue weighted by Crippen LogP contribution is -2.32. The molecule has 2 aliphatic rings. The predicted molar refractivity (Wildman–Crippen MR) is 107 cm³/mol. The SMILES string of the molecule is CCOC(=O)C1=C2CN(c3ccccc3F)Cc3cc(Cl)ccc3[N+]2C(C)=N1. The van der Waals surface area contributed by atoms with Gasteiger partial charge in [-0.15, -0.1) is 0 Å². The van der Waals surface area contributed by atoms with E-state index in [0.29, 0.717) is 35.3 Å². The van der Waals surface area contributed by atoms with Crippen molar-refractivity contribution in [1.29, 1.82) is 0 Å². The molecule has 7 heteroatoms. The molecule has 0 fully saturated rings. The van der Waals surface area contributed by atoms with Crippen molar-refractivity contribution < 1.29 is 13.9 Å². The van der Waals surface area contributed by atoms with Gasteiger partial charge in [-0.1, -0.05) is 23.7 Å². The number of ether oxygens (including phenoxy) is 1. The Hall–Kier alpha value is -2.70. The summed E-state index contributed by atoms with van der Waals surface area (Å²) in [6.07, 6.45) is 0. The summed E-state index contributed by atoms with van der Waals surface area (Å²) < 4.78 is 19.7. The fourth-order valence-corrected chi connectivity index (χ4v) is 3.82. The first-order chi connectivity index (χ1) is 13.5. The van der Waals surface area contributed by atoms with E-state index in [9.17, 15) is 9.18 Å². The molecular weight excluding hydrogens is 381 g/mol. The van der Waals surface area contributed by atoms with Crippen LogP contribution in [0, 0.1) is 5.82 Å². The molecule has 0 bridgehead atoms. The summed E-state index contributed by atoms with van der Waals surface area (Å²) in [5.74, 6) is -0.143. The van der Waals surface area contributed by atoms with Gasteiger partial charge in [-0.05, 0) is 36.1 Å².